The van der Waals surface area contributed by atoms with Crippen LogP contribution in [0, 0.1) is 0 Å². The van der Waals surface area contributed by atoms with Crippen LogP contribution in [0.1, 0.15) is 0 Å². The summed E-state index contributed by atoms with van der Waals surface area (Å²) in [6, 6.07) is 90.5. The van der Waals surface area contributed by atoms with Crippen LogP contribution in [0.4, 0.5) is 0 Å². The van der Waals surface area contributed by atoms with Gasteiger partial charge in [-0.1, -0.05) is 231 Å². The molecule has 3 aromatic heterocycles. The van der Waals surface area contributed by atoms with Crippen LogP contribution in [0.5, 0.6) is 0 Å². The van der Waals surface area contributed by atoms with Crippen LogP contribution in [0.2, 0.25) is 0 Å². The first-order valence-corrected chi connectivity index (χ1v) is 22.8. The normalized spacial score (nSPS) is 11.1. The van der Waals surface area contributed by atoms with Crippen molar-refractivity contribution >= 4 is 11.3 Å². The van der Waals surface area contributed by atoms with Crippen molar-refractivity contribution < 1.29 is 0 Å². The minimum atomic E-state index is 0.941. The molecule has 0 amide bonds. The Morgan fingerprint density at radius 3 is 0.723 bits per heavy atom. The summed E-state index contributed by atoms with van der Waals surface area (Å²) >= 11 is 1.85. The fourth-order valence-electron chi connectivity index (χ4n) is 8.65. The molecule has 8 aromatic carbocycles. The third-order valence-electron chi connectivity index (χ3n) is 11.9. The van der Waals surface area contributed by atoms with E-state index in [0.717, 1.165) is 67.3 Å². The van der Waals surface area contributed by atoms with Gasteiger partial charge in [0.05, 0.1) is 22.8 Å². The quantitative estimate of drug-likeness (QED) is 0.137. The molecule has 0 atom stereocenters. The molecule has 0 aliphatic rings. The van der Waals surface area contributed by atoms with Crippen molar-refractivity contribution in [3.8, 4) is 110 Å². The fraction of sp³-hybridized carbons (Fsp3) is 0. The highest BCUT2D eigenvalue weighted by Crippen LogP contribution is 2.52. The Morgan fingerprint density at radius 1 is 0.200 bits per heavy atom. The molecule has 0 bridgehead atoms. The van der Waals surface area contributed by atoms with Crippen LogP contribution in [0.15, 0.2) is 255 Å². The smallest absolute Gasteiger partial charge is 0.0715 e. The highest BCUT2D eigenvalue weighted by molar-refractivity contribution is 7.20. The molecular formula is C62H42N2S. The van der Waals surface area contributed by atoms with Crippen LogP contribution >= 0.6 is 11.3 Å². The number of aromatic nitrogens is 2. The van der Waals surface area contributed by atoms with Gasteiger partial charge in [-0.2, -0.15) is 0 Å². The highest BCUT2D eigenvalue weighted by atomic mass is 32.1. The lowest BCUT2D eigenvalue weighted by molar-refractivity contribution is 1.32. The average molecular weight is 847 g/mol. The second-order valence-corrected chi connectivity index (χ2v) is 17.1. The van der Waals surface area contributed by atoms with Gasteiger partial charge in [-0.15, -0.1) is 11.3 Å². The van der Waals surface area contributed by atoms with Crippen molar-refractivity contribution in [2.24, 2.45) is 0 Å². The first kappa shape index (κ1) is 39.6. The van der Waals surface area contributed by atoms with Crippen LogP contribution < -0.4 is 0 Å². The maximum Gasteiger partial charge on any atom is 0.0715 e. The Morgan fingerprint density at radius 2 is 0.431 bits per heavy atom. The van der Waals surface area contributed by atoms with Gasteiger partial charge in [0.2, 0.25) is 0 Å². The molecule has 0 radical (unpaired) electrons. The number of hydrogen-bond donors (Lipinski definition) is 0. The number of hydrogen-bond acceptors (Lipinski definition) is 3. The van der Waals surface area contributed by atoms with Gasteiger partial charge in [-0.25, -0.2) is 9.97 Å². The third kappa shape index (κ3) is 8.25. The minimum Gasteiger partial charge on any atom is -0.248 e. The lowest BCUT2D eigenvalue weighted by Gasteiger charge is -2.12. The van der Waals surface area contributed by atoms with Crippen LogP contribution in [-0.2, 0) is 0 Å². The first-order chi connectivity index (χ1) is 32.2. The van der Waals surface area contributed by atoms with Gasteiger partial charge in [-0.3, -0.25) is 0 Å². The zero-order valence-corrected chi connectivity index (χ0v) is 36.4. The van der Waals surface area contributed by atoms with E-state index < -0.39 is 0 Å². The molecule has 3 heterocycles. The van der Waals surface area contributed by atoms with Crippen molar-refractivity contribution in [2.75, 3.05) is 0 Å². The lowest BCUT2D eigenvalue weighted by Crippen LogP contribution is -1.91. The van der Waals surface area contributed by atoms with E-state index in [1.165, 1.54) is 43.1 Å². The van der Waals surface area contributed by atoms with Gasteiger partial charge in [0, 0.05) is 43.1 Å². The largest absolute Gasteiger partial charge is 0.248 e. The molecule has 0 aliphatic carbocycles. The molecule has 0 spiro atoms. The van der Waals surface area contributed by atoms with Gasteiger partial charge in [-0.05, 0) is 68.8 Å². The summed E-state index contributed by atoms with van der Waals surface area (Å²) in [6.45, 7) is 0. The Kier molecular flexibility index (Phi) is 10.9. The topological polar surface area (TPSA) is 25.8 Å². The van der Waals surface area contributed by atoms with E-state index in [1.54, 1.807) is 0 Å². The summed E-state index contributed by atoms with van der Waals surface area (Å²) in [4.78, 5) is 12.9. The molecule has 65 heavy (non-hydrogen) atoms. The van der Waals surface area contributed by atoms with Crippen molar-refractivity contribution in [1.82, 2.24) is 9.97 Å². The molecule has 11 aromatic rings. The SMILES string of the molecule is c1ccc(-c2cc(-c3ccccc3)nc(-c3ccc(-c4sc(-c5ccc(-c6cc(-c7ccccc7)cc(-c7ccccc7)n6)cc5)c(-c5ccccc5)c4-c4ccccc4)cc3)c2)cc1. The van der Waals surface area contributed by atoms with Gasteiger partial charge < -0.3 is 0 Å². The van der Waals surface area contributed by atoms with Gasteiger partial charge >= 0.3 is 0 Å². The Bertz CT molecular complexity index is 3010. The maximum atomic E-state index is 5.23. The van der Waals surface area contributed by atoms with Crippen molar-refractivity contribution in [3.63, 3.8) is 0 Å². The zero-order valence-electron chi connectivity index (χ0n) is 35.6. The summed E-state index contributed by atoms with van der Waals surface area (Å²) in [6.07, 6.45) is 0. The molecule has 3 heteroatoms. The number of rotatable bonds is 10. The van der Waals surface area contributed by atoms with E-state index in [1.807, 2.05) is 23.5 Å². The van der Waals surface area contributed by atoms with Crippen LogP contribution in [-0.4, -0.2) is 9.97 Å². The molecule has 0 saturated heterocycles. The lowest BCUT2D eigenvalue weighted by atomic mass is 9.91. The molecule has 0 saturated carbocycles. The minimum absolute atomic E-state index is 0.941. The summed E-state index contributed by atoms with van der Waals surface area (Å²) in [7, 11) is 0. The monoisotopic (exact) mass is 846 g/mol. The second-order valence-electron chi connectivity index (χ2n) is 16.1. The van der Waals surface area contributed by atoms with E-state index in [-0.39, 0.29) is 0 Å². The number of thiophene rings is 1. The van der Waals surface area contributed by atoms with E-state index in [2.05, 4.69) is 243 Å². The van der Waals surface area contributed by atoms with Gasteiger partial charge in [0.25, 0.3) is 0 Å². The number of pyridine rings is 2. The average Bonchev–Trinajstić information content (AvgIpc) is 3.81. The Hall–Kier alpha value is -8.24. The third-order valence-corrected chi connectivity index (χ3v) is 13.2. The second kappa shape index (κ2) is 17.9. The number of benzene rings is 8. The summed E-state index contributed by atoms with van der Waals surface area (Å²) < 4.78 is 0. The molecule has 0 unspecified atom stereocenters. The summed E-state index contributed by atoms with van der Waals surface area (Å²) in [5.74, 6) is 0. The molecule has 2 nitrogen and oxygen atoms in total. The van der Waals surface area contributed by atoms with E-state index in [0.29, 0.717) is 0 Å². The van der Waals surface area contributed by atoms with Crippen molar-refractivity contribution in [2.45, 2.75) is 0 Å². The first-order valence-electron chi connectivity index (χ1n) is 22.0. The highest BCUT2D eigenvalue weighted by Gasteiger charge is 2.24. The Balaban J connectivity index is 1.03. The molecule has 0 N–H and O–H groups in total. The van der Waals surface area contributed by atoms with E-state index in [4.69, 9.17) is 9.97 Å². The summed E-state index contributed by atoms with van der Waals surface area (Å²) in [5, 5.41) is 0. The molecule has 0 aliphatic heterocycles. The standard InChI is InChI=1S/C62H42N2S/c1-7-19-43(20-8-1)53-39-55(45-23-11-3-12-24-45)63-57(41-53)47-31-35-51(36-32-47)61-59(49-27-15-5-16-28-49)60(50-29-17-6-18-30-50)62(65-61)52-37-33-48(34-38-52)58-42-54(44-21-9-2-10-22-44)40-56(64-58)46-25-13-4-14-26-46/h1-42H. The van der Waals surface area contributed by atoms with Crippen LogP contribution in [0.25, 0.3) is 110 Å². The predicted octanol–water partition coefficient (Wildman–Crippen LogP) is 17.2. The predicted molar refractivity (Wildman–Crippen MR) is 274 cm³/mol. The van der Waals surface area contributed by atoms with E-state index >= 15 is 0 Å². The fourth-order valence-corrected chi connectivity index (χ4v) is 10.0. The molecule has 0 fully saturated rings. The number of nitrogens with zero attached hydrogens (tertiary/aromatic N) is 2. The summed E-state index contributed by atoms with van der Waals surface area (Å²) in [5.41, 5.74) is 19.9. The van der Waals surface area contributed by atoms with E-state index in [9.17, 15) is 0 Å². The van der Waals surface area contributed by atoms with Crippen molar-refractivity contribution in [1.29, 1.82) is 0 Å². The molecule has 11 rings (SSSR count). The van der Waals surface area contributed by atoms with Crippen molar-refractivity contribution in [3.05, 3.63) is 255 Å². The molecule has 306 valence electrons. The Labute approximate surface area is 384 Å². The molecular weight excluding hydrogens is 805 g/mol. The van der Waals surface area contributed by atoms with Crippen LogP contribution in [0.3, 0.4) is 0 Å². The zero-order chi connectivity index (χ0) is 43.4. The van der Waals surface area contributed by atoms with Gasteiger partial charge in [0.1, 0.15) is 0 Å². The maximum absolute atomic E-state index is 5.23. The van der Waals surface area contributed by atoms with Gasteiger partial charge in [0.15, 0.2) is 0 Å².